The van der Waals surface area contributed by atoms with Crippen molar-refractivity contribution in [3.8, 4) is 0 Å². The van der Waals surface area contributed by atoms with E-state index in [2.05, 4.69) is 9.97 Å². The Hall–Kier alpha value is -0.960. The SMILES string of the molecule is NC1(c2cnccn2)CCC1. The van der Waals surface area contributed by atoms with Gasteiger partial charge in [0.2, 0.25) is 0 Å². The van der Waals surface area contributed by atoms with Gasteiger partial charge in [-0.3, -0.25) is 9.97 Å². The fourth-order valence-electron chi connectivity index (χ4n) is 1.37. The molecule has 1 aromatic rings. The second-order valence-electron chi connectivity index (χ2n) is 3.10. The maximum atomic E-state index is 6.02. The Morgan fingerprint density at radius 2 is 2.18 bits per heavy atom. The third kappa shape index (κ3) is 1.01. The zero-order chi connectivity index (χ0) is 7.73. The van der Waals surface area contributed by atoms with Crippen molar-refractivity contribution in [2.24, 2.45) is 5.73 Å². The molecule has 1 saturated carbocycles. The molecular weight excluding hydrogens is 138 g/mol. The van der Waals surface area contributed by atoms with Crippen molar-refractivity contribution in [2.75, 3.05) is 0 Å². The smallest absolute Gasteiger partial charge is 0.0785 e. The van der Waals surface area contributed by atoms with E-state index in [1.807, 2.05) is 0 Å². The molecule has 3 heteroatoms. The summed E-state index contributed by atoms with van der Waals surface area (Å²) in [4.78, 5) is 8.18. The lowest BCUT2D eigenvalue weighted by molar-refractivity contribution is 0.245. The minimum absolute atomic E-state index is 0.158. The Bertz CT molecular complexity index is 241. The predicted octanol–water partition coefficient (Wildman–Crippen LogP) is 0.814. The van der Waals surface area contributed by atoms with Crippen LogP contribution < -0.4 is 5.73 Å². The minimum Gasteiger partial charge on any atom is -0.320 e. The first-order chi connectivity index (χ1) is 5.31. The van der Waals surface area contributed by atoms with Gasteiger partial charge in [-0.1, -0.05) is 0 Å². The molecule has 1 aliphatic rings. The highest BCUT2D eigenvalue weighted by Crippen LogP contribution is 2.36. The van der Waals surface area contributed by atoms with Crippen LogP contribution in [0.5, 0.6) is 0 Å². The molecule has 1 aliphatic carbocycles. The van der Waals surface area contributed by atoms with Gasteiger partial charge in [-0.25, -0.2) is 0 Å². The van der Waals surface area contributed by atoms with Gasteiger partial charge in [0.25, 0.3) is 0 Å². The molecule has 58 valence electrons. The monoisotopic (exact) mass is 149 g/mol. The van der Waals surface area contributed by atoms with Gasteiger partial charge >= 0.3 is 0 Å². The Labute approximate surface area is 65.7 Å². The molecule has 0 atom stereocenters. The molecule has 1 fully saturated rings. The second-order valence-corrected chi connectivity index (χ2v) is 3.10. The van der Waals surface area contributed by atoms with E-state index in [1.54, 1.807) is 18.6 Å². The molecule has 0 amide bonds. The fraction of sp³-hybridized carbons (Fsp3) is 0.500. The summed E-state index contributed by atoms with van der Waals surface area (Å²) in [6, 6.07) is 0. The van der Waals surface area contributed by atoms with Crippen molar-refractivity contribution < 1.29 is 0 Å². The molecule has 0 unspecified atom stereocenters. The third-order valence-corrected chi connectivity index (χ3v) is 2.32. The molecule has 1 heterocycles. The molecule has 0 saturated heterocycles. The van der Waals surface area contributed by atoms with Gasteiger partial charge in [-0.05, 0) is 19.3 Å². The standard InChI is InChI=1S/C8H11N3/c9-8(2-1-3-8)7-6-10-4-5-11-7/h4-6H,1-3,9H2. The maximum absolute atomic E-state index is 6.02. The van der Waals surface area contributed by atoms with Crippen LogP contribution in [0.3, 0.4) is 0 Å². The Balaban J connectivity index is 2.29. The predicted molar refractivity (Wildman–Crippen MR) is 41.7 cm³/mol. The van der Waals surface area contributed by atoms with Gasteiger partial charge in [0.15, 0.2) is 0 Å². The lowest BCUT2D eigenvalue weighted by Gasteiger charge is -2.36. The fourth-order valence-corrected chi connectivity index (χ4v) is 1.37. The van der Waals surface area contributed by atoms with Crippen LogP contribution in [0.15, 0.2) is 18.6 Å². The summed E-state index contributed by atoms with van der Waals surface area (Å²) in [5.74, 6) is 0. The molecule has 2 rings (SSSR count). The van der Waals surface area contributed by atoms with Crippen molar-refractivity contribution >= 4 is 0 Å². The van der Waals surface area contributed by atoms with E-state index in [9.17, 15) is 0 Å². The number of aromatic nitrogens is 2. The van der Waals surface area contributed by atoms with Crippen LogP contribution >= 0.6 is 0 Å². The summed E-state index contributed by atoms with van der Waals surface area (Å²) in [6.07, 6.45) is 8.44. The molecule has 0 spiro atoms. The summed E-state index contributed by atoms with van der Waals surface area (Å²) >= 11 is 0. The maximum Gasteiger partial charge on any atom is 0.0785 e. The summed E-state index contributed by atoms with van der Waals surface area (Å²) in [6.45, 7) is 0. The van der Waals surface area contributed by atoms with Crippen molar-refractivity contribution in [3.63, 3.8) is 0 Å². The quantitative estimate of drug-likeness (QED) is 0.643. The van der Waals surface area contributed by atoms with Crippen molar-refractivity contribution in [1.82, 2.24) is 9.97 Å². The van der Waals surface area contributed by atoms with Gasteiger partial charge in [-0.15, -0.1) is 0 Å². The summed E-state index contributed by atoms with van der Waals surface area (Å²) < 4.78 is 0. The summed E-state index contributed by atoms with van der Waals surface area (Å²) in [7, 11) is 0. The van der Waals surface area contributed by atoms with E-state index in [0.717, 1.165) is 18.5 Å². The Kier molecular flexibility index (Phi) is 1.39. The highest BCUT2D eigenvalue weighted by atomic mass is 14.9. The lowest BCUT2D eigenvalue weighted by atomic mass is 9.75. The van der Waals surface area contributed by atoms with Crippen LogP contribution in [0, 0.1) is 0 Å². The highest BCUT2D eigenvalue weighted by Gasteiger charge is 2.35. The highest BCUT2D eigenvalue weighted by molar-refractivity contribution is 5.14. The number of nitrogens with two attached hydrogens (primary N) is 1. The van der Waals surface area contributed by atoms with Gasteiger partial charge in [0.1, 0.15) is 0 Å². The van der Waals surface area contributed by atoms with Crippen LogP contribution in [0.4, 0.5) is 0 Å². The van der Waals surface area contributed by atoms with Crippen LogP contribution in [0.2, 0.25) is 0 Å². The topological polar surface area (TPSA) is 51.8 Å². The van der Waals surface area contributed by atoms with E-state index in [0.29, 0.717) is 0 Å². The van der Waals surface area contributed by atoms with E-state index in [-0.39, 0.29) is 5.54 Å². The number of rotatable bonds is 1. The average Bonchev–Trinajstić information content (AvgIpc) is 2.02. The first-order valence-corrected chi connectivity index (χ1v) is 3.87. The van der Waals surface area contributed by atoms with Gasteiger partial charge in [0, 0.05) is 12.4 Å². The lowest BCUT2D eigenvalue weighted by Crippen LogP contribution is -2.44. The molecule has 0 aliphatic heterocycles. The van der Waals surface area contributed by atoms with Gasteiger partial charge in [-0.2, -0.15) is 0 Å². The zero-order valence-electron chi connectivity index (χ0n) is 6.33. The number of hydrogen-bond donors (Lipinski definition) is 1. The Morgan fingerprint density at radius 1 is 1.36 bits per heavy atom. The molecule has 0 aromatic carbocycles. The third-order valence-electron chi connectivity index (χ3n) is 2.32. The van der Waals surface area contributed by atoms with Crippen LogP contribution in [0.25, 0.3) is 0 Å². The van der Waals surface area contributed by atoms with E-state index < -0.39 is 0 Å². The molecule has 11 heavy (non-hydrogen) atoms. The summed E-state index contributed by atoms with van der Waals surface area (Å²) in [5.41, 5.74) is 6.80. The zero-order valence-corrected chi connectivity index (χ0v) is 6.33. The van der Waals surface area contributed by atoms with Gasteiger partial charge in [0.05, 0.1) is 17.4 Å². The molecule has 2 N–H and O–H groups in total. The van der Waals surface area contributed by atoms with Crippen molar-refractivity contribution in [2.45, 2.75) is 24.8 Å². The van der Waals surface area contributed by atoms with E-state index >= 15 is 0 Å². The average molecular weight is 149 g/mol. The van der Waals surface area contributed by atoms with Crippen LogP contribution in [-0.2, 0) is 5.54 Å². The number of hydrogen-bond acceptors (Lipinski definition) is 3. The molecule has 1 aromatic heterocycles. The molecular formula is C8H11N3. The van der Waals surface area contributed by atoms with Crippen LogP contribution in [0.1, 0.15) is 25.0 Å². The second kappa shape index (κ2) is 2.27. The summed E-state index contributed by atoms with van der Waals surface area (Å²) in [5, 5.41) is 0. The van der Waals surface area contributed by atoms with Crippen molar-refractivity contribution in [3.05, 3.63) is 24.3 Å². The molecule has 0 bridgehead atoms. The Morgan fingerprint density at radius 3 is 2.64 bits per heavy atom. The van der Waals surface area contributed by atoms with Gasteiger partial charge < -0.3 is 5.73 Å². The minimum atomic E-state index is -0.158. The van der Waals surface area contributed by atoms with E-state index in [1.165, 1.54) is 6.42 Å². The van der Waals surface area contributed by atoms with Crippen LogP contribution in [-0.4, -0.2) is 9.97 Å². The first kappa shape index (κ1) is 6.73. The number of nitrogens with zero attached hydrogens (tertiary/aromatic N) is 2. The van der Waals surface area contributed by atoms with Crippen molar-refractivity contribution in [1.29, 1.82) is 0 Å². The van der Waals surface area contributed by atoms with E-state index in [4.69, 9.17) is 5.73 Å². The first-order valence-electron chi connectivity index (χ1n) is 3.87. The normalized spacial score (nSPS) is 20.8. The molecule has 3 nitrogen and oxygen atoms in total. The molecule has 0 radical (unpaired) electrons. The largest absolute Gasteiger partial charge is 0.320 e.